The maximum Gasteiger partial charge on any atom is 0.435 e. The van der Waals surface area contributed by atoms with Crippen LogP contribution in [0.3, 0.4) is 0 Å². The SMILES string of the molecule is Cn1nc(C(F)(F)F)cc1-c1ccnc(-c2ccc(Cl)c(C(F)(F)F)c2)c1O. The van der Waals surface area contributed by atoms with Gasteiger partial charge in [-0.1, -0.05) is 17.7 Å². The molecular formula is C17H10ClF6N3O. The average Bonchev–Trinajstić information content (AvgIpc) is 2.97. The molecule has 0 aliphatic heterocycles. The van der Waals surface area contributed by atoms with E-state index in [1.165, 1.54) is 19.2 Å². The lowest BCUT2D eigenvalue weighted by molar-refractivity contribution is -0.141. The van der Waals surface area contributed by atoms with Gasteiger partial charge in [-0.15, -0.1) is 0 Å². The van der Waals surface area contributed by atoms with Crippen molar-refractivity contribution >= 4 is 11.6 Å². The number of aromatic hydroxyl groups is 1. The first kappa shape index (κ1) is 20.0. The van der Waals surface area contributed by atoms with Crippen molar-refractivity contribution in [2.24, 2.45) is 7.05 Å². The summed E-state index contributed by atoms with van der Waals surface area (Å²) in [6.45, 7) is 0. The van der Waals surface area contributed by atoms with Crippen molar-refractivity contribution in [3.8, 4) is 28.3 Å². The summed E-state index contributed by atoms with van der Waals surface area (Å²) < 4.78 is 78.7. The number of hydrogen-bond acceptors (Lipinski definition) is 3. The van der Waals surface area contributed by atoms with Crippen LogP contribution in [-0.2, 0) is 19.4 Å². The molecule has 0 amide bonds. The molecule has 2 heterocycles. The van der Waals surface area contributed by atoms with Crippen LogP contribution in [0.2, 0.25) is 5.02 Å². The standard InChI is InChI=1S/C17H10ClF6N3O/c1-27-12(7-13(26-27)17(22,23)24)9-4-5-25-14(15(9)28)8-2-3-11(18)10(6-8)16(19,20)21/h2-7,28H,1H3. The van der Waals surface area contributed by atoms with Crippen molar-refractivity contribution in [1.29, 1.82) is 0 Å². The van der Waals surface area contributed by atoms with E-state index in [2.05, 4.69) is 10.1 Å². The van der Waals surface area contributed by atoms with E-state index in [0.717, 1.165) is 23.0 Å². The predicted octanol–water partition coefficient (Wildman–Crippen LogP) is 5.55. The lowest BCUT2D eigenvalue weighted by atomic mass is 10.0. The van der Waals surface area contributed by atoms with Crippen molar-refractivity contribution in [3.63, 3.8) is 0 Å². The summed E-state index contributed by atoms with van der Waals surface area (Å²) in [6.07, 6.45) is -8.27. The molecule has 148 valence electrons. The highest BCUT2D eigenvalue weighted by Crippen LogP contribution is 2.41. The number of rotatable bonds is 2. The molecule has 0 fully saturated rings. The molecule has 0 aliphatic rings. The van der Waals surface area contributed by atoms with E-state index in [1.807, 2.05) is 0 Å². The van der Waals surface area contributed by atoms with E-state index in [1.54, 1.807) is 0 Å². The van der Waals surface area contributed by atoms with Crippen molar-refractivity contribution in [2.45, 2.75) is 12.4 Å². The summed E-state index contributed by atoms with van der Waals surface area (Å²) in [5.74, 6) is -0.588. The van der Waals surface area contributed by atoms with Gasteiger partial charge in [0.25, 0.3) is 0 Å². The Balaban J connectivity index is 2.15. The van der Waals surface area contributed by atoms with Gasteiger partial charge in [0.1, 0.15) is 5.69 Å². The fraction of sp³-hybridized carbons (Fsp3) is 0.176. The molecule has 28 heavy (non-hydrogen) atoms. The van der Waals surface area contributed by atoms with Gasteiger partial charge >= 0.3 is 12.4 Å². The molecule has 11 heteroatoms. The molecule has 1 N–H and O–H groups in total. The molecule has 4 nitrogen and oxygen atoms in total. The third-order valence-electron chi connectivity index (χ3n) is 3.92. The van der Waals surface area contributed by atoms with Gasteiger partial charge in [-0.05, 0) is 24.3 Å². The predicted molar refractivity (Wildman–Crippen MR) is 88.6 cm³/mol. The van der Waals surface area contributed by atoms with Gasteiger partial charge in [-0.2, -0.15) is 31.4 Å². The van der Waals surface area contributed by atoms with Gasteiger partial charge in [0.15, 0.2) is 11.4 Å². The number of alkyl halides is 6. The fourth-order valence-corrected chi connectivity index (χ4v) is 2.84. The number of nitrogens with zero attached hydrogens (tertiary/aromatic N) is 3. The molecule has 0 saturated carbocycles. The molecule has 0 atom stereocenters. The van der Waals surface area contributed by atoms with Gasteiger partial charge in [-0.25, -0.2) is 0 Å². The van der Waals surface area contributed by atoms with Crippen LogP contribution in [0.5, 0.6) is 5.75 Å². The Morgan fingerprint density at radius 1 is 1.00 bits per heavy atom. The first-order valence-corrected chi connectivity index (χ1v) is 7.94. The van der Waals surface area contributed by atoms with E-state index in [9.17, 15) is 31.4 Å². The lowest BCUT2D eigenvalue weighted by Crippen LogP contribution is -2.06. The Morgan fingerprint density at radius 3 is 2.25 bits per heavy atom. The lowest BCUT2D eigenvalue weighted by Gasteiger charge is -2.13. The minimum atomic E-state index is -4.73. The highest BCUT2D eigenvalue weighted by Gasteiger charge is 2.36. The van der Waals surface area contributed by atoms with E-state index < -0.39 is 34.4 Å². The normalized spacial score (nSPS) is 12.4. The Bertz CT molecular complexity index is 1040. The van der Waals surface area contributed by atoms with E-state index in [0.29, 0.717) is 6.07 Å². The number of halogens is 7. The topological polar surface area (TPSA) is 50.9 Å². The zero-order chi connectivity index (χ0) is 20.9. The second kappa shape index (κ2) is 6.69. The molecular weight excluding hydrogens is 412 g/mol. The second-order valence-electron chi connectivity index (χ2n) is 5.78. The monoisotopic (exact) mass is 421 g/mol. The minimum absolute atomic E-state index is 0.0704. The smallest absolute Gasteiger partial charge is 0.435 e. The fourth-order valence-electron chi connectivity index (χ4n) is 2.62. The molecule has 0 radical (unpaired) electrons. The van der Waals surface area contributed by atoms with E-state index in [4.69, 9.17) is 11.6 Å². The Morgan fingerprint density at radius 2 is 1.68 bits per heavy atom. The summed E-state index contributed by atoms with van der Waals surface area (Å²) in [4.78, 5) is 3.86. The molecule has 3 rings (SSSR count). The van der Waals surface area contributed by atoms with Gasteiger partial charge in [0, 0.05) is 24.4 Å². The summed E-state index contributed by atoms with van der Waals surface area (Å²) in [5.41, 5.74) is -2.80. The summed E-state index contributed by atoms with van der Waals surface area (Å²) >= 11 is 5.58. The number of benzene rings is 1. The number of aromatic nitrogens is 3. The van der Waals surface area contributed by atoms with Crippen LogP contribution in [0.15, 0.2) is 36.5 Å². The van der Waals surface area contributed by atoms with Crippen LogP contribution in [0.4, 0.5) is 26.3 Å². The maximum atomic E-state index is 13.1. The maximum absolute atomic E-state index is 13.1. The number of pyridine rings is 1. The Labute approximate surface area is 159 Å². The van der Waals surface area contributed by atoms with Crippen LogP contribution >= 0.6 is 11.6 Å². The van der Waals surface area contributed by atoms with Gasteiger partial charge in [-0.3, -0.25) is 9.67 Å². The minimum Gasteiger partial charge on any atom is -0.505 e. The van der Waals surface area contributed by atoms with Crippen molar-refractivity contribution in [2.75, 3.05) is 0 Å². The molecule has 0 unspecified atom stereocenters. The van der Waals surface area contributed by atoms with E-state index in [-0.39, 0.29) is 22.5 Å². The summed E-state index contributed by atoms with van der Waals surface area (Å²) in [6, 6.07) is 4.88. The zero-order valence-electron chi connectivity index (χ0n) is 13.9. The summed E-state index contributed by atoms with van der Waals surface area (Å²) in [5, 5.41) is 13.3. The van der Waals surface area contributed by atoms with Gasteiger partial charge in [0.05, 0.1) is 16.3 Å². The Hall–Kier alpha value is -2.75. The van der Waals surface area contributed by atoms with Crippen molar-refractivity contribution < 1.29 is 31.4 Å². The van der Waals surface area contributed by atoms with Crippen LogP contribution in [0.1, 0.15) is 11.3 Å². The van der Waals surface area contributed by atoms with Crippen LogP contribution in [0, 0.1) is 0 Å². The first-order chi connectivity index (χ1) is 12.9. The van der Waals surface area contributed by atoms with E-state index >= 15 is 0 Å². The van der Waals surface area contributed by atoms with Crippen LogP contribution in [0.25, 0.3) is 22.5 Å². The first-order valence-electron chi connectivity index (χ1n) is 7.56. The molecule has 0 bridgehead atoms. The van der Waals surface area contributed by atoms with Crippen molar-refractivity contribution in [3.05, 3.63) is 52.8 Å². The summed E-state index contributed by atoms with van der Waals surface area (Å²) in [7, 11) is 1.24. The molecule has 1 aromatic carbocycles. The highest BCUT2D eigenvalue weighted by molar-refractivity contribution is 6.31. The molecule has 3 aromatic rings. The molecule has 0 aliphatic carbocycles. The quantitative estimate of drug-likeness (QED) is 0.552. The second-order valence-corrected chi connectivity index (χ2v) is 6.19. The number of aryl methyl sites for hydroxylation is 1. The van der Waals surface area contributed by atoms with Gasteiger partial charge in [0.2, 0.25) is 0 Å². The average molecular weight is 422 g/mol. The Kier molecular flexibility index (Phi) is 4.78. The molecule has 0 spiro atoms. The highest BCUT2D eigenvalue weighted by atomic mass is 35.5. The van der Waals surface area contributed by atoms with Crippen molar-refractivity contribution in [1.82, 2.24) is 14.8 Å². The van der Waals surface area contributed by atoms with Crippen LogP contribution < -0.4 is 0 Å². The third-order valence-corrected chi connectivity index (χ3v) is 4.25. The van der Waals surface area contributed by atoms with Gasteiger partial charge < -0.3 is 5.11 Å². The zero-order valence-corrected chi connectivity index (χ0v) is 14.7. The van der Waals surface area contributed by atoms with Crippen LogP contribution in [-0.4, -0.2) is 19.9 Å². The largest absolute Gasteiger partial charge is 0.505 e. The molecule has 0 saturated heterocycles. The number of hydrogen-bond donors (Lipinski definition) is 1. The third kappa shape index (κ3) is 3.64. The molecule has 2 aromatic heterocycles.